The van der Waals surface area contributed by atoms with E-state index in [1.54, 1.807) is 0 Å². The van der Waals surface area contributed by atoms with Gasteiger partial charge in [-0.05, 0) is 18.2 Å². The van der Waals surface area contributed by atoms with Crippen LogP contribution in [0.5, 0.6) is 0 Å². The Bertz CT molecular complexity index is 625. The Balaban J connectivity index is 2.07. The van der Waals surface area contributed by atoms with Crippen LogP contribution in [0.15, 0.2) is 18.2 Å². The molecule has 22 heavy (non-hydrogen) atoms. The minimum atomic E-state index is -0.889. The zero-order valence-electron chi connectivity index (χ0n) is 11.4. The van der Waals surface area contributed by atoms with Crippen molar-refractivity contribution in [2.45, 2.75) is 6.10 Å². The van der Waals surface area contributed by atoms with Crippen LogP contribution in [-0.4, -0.2) is 42.9 Å². The molecule has 0 aromatic heterocycles. The minimum Gasteiger partial charge on any atom is -0.442 e. The molecule has 0 bridgehead atoms. The first-order chi connectivity index (χ1) is 10.4. The quantitative estimate of drug-likeness (QED) is 0.677. The van der Waals surface area contributed by atoms with Crippen molar-refractivity contribution in [2.24, 2.45) is 5.73 Å². The Hall–Kier alpha value is -2.29. The number of benzene rings is 1. The van der Waals surface area contributed by atoms with Crippen molar-refractivity contribution in [2.75, 3.05) is 23.7 Å². The summed E-state index contributed by atoms with van der Waals surface area (Å²) in [4.78, 5) is 35.1. The number of ether oxygens (including phenoxy) is 1. The molecule has 1 aromatic rings. The van der Waals surface area contributed by atoms with Gasteiger partial charge in [-0.1, -0.05) is 0 Å². The molecule has 1 atom stereocenters. The van der Waals surface area contributed by atoms with Crippen LogP contribution in [0, 0.1) is 5.82 Å². The second-order valence-electron chi connectivity index (χ2n) is 4.61. The Morgan fingerprint density at radius 1 is 1.50 bits per heavy atom. The molecule has 0 radical (unpaired) electrons. The fourth-order valence-electron chi connectivity index (χ4n) is 1.99. The molecule has 1 aliphatic rings. The molecule has 0 saturated carbocycles. The van der Waals surface area contributed by atoms with Gasteiger partial charge in [0.15, 0.2) is 0 Å². The standard InChI is InChI=1S/C13H14FN3O4S/c14-10-3-7(1-2-9(10)12(15)19)17-5-8(21-13(17)20)4-16-11(18)6-22/h1-3,8,22H,4-6H2,(H2,15,19)(H,16,18)/t8-/m0/s1. The number of nitrogens with one attached hydrogen (secondary N) is 1. The van der Waals surface area contributed by atoms with Crippen LogP contribution in [0.25, 0.3) is 0 Å². The molecule has 0 spiro atoms. The molecule has 3 amide bonds. The molecule has 1 aliphatic heterocycles. The molecular weight excluding hydrogens is 313 g/mol. The summed E-state index contributed by atoms with van der Waals surface area (Å²) in [5.41, 5.74) is 5.01. The van der Waals surface area contributed by atoms with Crippen LogP contribution in [-0.2, 0) is 9.53 Å². The molecule has 3 N–H and O–H groups in total. The molecule has 0 unspecified atom stereocenters. The van der Waals surface area contributed by atoms with Crippen molar-refractivity contribution in [3.63, 3.8) is 0 Å². The number of nitrogens with two attached hydrogens (primary N) is 1. The molecule has 1 saturated heterocycles. The Morgan fingerprint density at radius 2 is 2.23 bits per heavy atom. The lowest BCUT2D eigenvalue weighted by molar-refractivity contribution is -0.118. The first-order valence-electron chi connectivity index (χ1n) is 6.37. The molecule has 1 heterocycles. The lowest BCUT2D eigenvalue weighted by Gasteiger charge is -2.13. The summed E-state index contributed by atoms with van der Waals surface area (Å²) in [5.74, 6) is -1.95. The predicted octanol–water partition coefficient (Wildman–Crippen LogP) is 0.296. The number of amides is 3. The number of halogens is 1. The first kappa shape index (κ1) is 16.1. The molecule has 118 valence electrons. The number of carbonyl (C=O) groups excluding carboxylic acids is 3. The maximum Gasteiger partial charge on any atom is 0.414 e. The van der Waals surface area contributed by atoms with E-state index in [1.807, 2.05) is 0 Å². The zero-order valence-corrected chi connectivity index (χ0v) is 12.3. The third-order valence-electron chi connectivity index (χ3n) is 3.07. The van der Waals surface area contributed by atoms with E-state index in [9.17, 15) is 18.8 Å². The van der Waals surface area contributed by atoms with Gasteiger partial charge in [0, 0.05) is 0 Å². The summed E-state index contributed by atoms with van der Waals surface area (Å²) >= 11 is 3.81. The number of cyclic esters (lactones) is 1. The van der Waals surface area contributed by atoms with E-state index < -0.39 is 23.9 Å². The number of primary amides is 1. The zero-order chi connectivity index (χ0) is 16.3. The van der Waals surface area contributed by atoms with E-state index in [1.165, 1.54) is 17.0 Å². The molecule has 1 aromatic carbocycles. The van der Waals surface area contributed by atoms with Gasteiger partial charge in [-0.15, -0.1) is 0 Å². The molecule has 7 nitrogen and oxygen atoms in total. The minimum absolute atomic E-state index is 0.0319. The van der Waals surface area contributed by atoms with Gasteiger partial charge in [-0.25, -0.2) is 9.18 Å². The third-order valence-corrected chi connectivity index (χ3v) is 3.36. The monoisotopic (exact) mass is 327 g/mol. The number of thiol groups is 1. The molecule has 2 rings (SSSR count). The highest BCUT2D eigenvalue weighted by Crippen LogP contribution is 2.23. The predicted molar refractivity (Wildman–Crippen MR) is 79.4 cm³/mol. The van der Waals surface area contributed by atoms with Crippen LogP contribution in [0.4, 0.5) is 14.9 Å². The van der Waals surface area contributed by atoms with Crippen LogP contribution in [0.3, 0.4) is 0 Å². The first-order valence-corrected chi connectivity index (χ1v) is 7.00. The van der Waals surface area contributed by atoms with Gasteiger partial charge >= 0.3 is 6.09 Å². The van der Waals surface area contributed by atoms with Gasteiger partial charge in [0.1, 0.15) is 11.9 Å². The summed E-state index contributed by atoms with van der Waals surface area (Å²) in [6.07, 6.45) is -1.20. The topological polar surface area (TPSA) is 102 Å². The van der Waals surface area contributed by atoms with E-state index in [-0.39, 0.29) is 36.0 Å². The fourth-order valence-corrected chi connectivity index (χ4v) is 2.11. The molecular formula is C13H14FN3O4S. The summed E-state index contributed by atoms with van der Waals surface area (Å²) in [6.45, 7) is 0.296. The molecule has 1 fully saturated rings. The third kappa shape index (κ3) is 3.48. The number of hydrogen-bond acceptors (Lipinski definition) is 5. The average molecular weight is 327 g/mol. The summed E-state index contributed by atoms with van der Waals surface area (Å²) in [7, 11) is 0. The van der Waals surface area contributed by atoms with E-state index in [0.717, 1.165) is 6.07 Å². The lowest BCUT2D eigenvalue weighted by atomic mass is 10.1. The van der Waals surface area contributed by atoms with Gasteiger partial charge in [0.05, 0.1) is 30.1 Å². The number of hydrogen-bond donors (Lipinski definition) is 3. The number of carbonyl (C=O) groups is 3. The maximum atomic E-state index is 13.7. The van der Waals surface area contributed by atoms with Crippen molar-refractivity contribution >= 4 is 36.2 Å². The highest BCUT2D eigenvalue weighted by Gasteiger charge is 2.32. The van der Waals surface area contributed by atoms with Crippen LogP contribution in [0.2, 0.25) is 0 Å². The normalized spacial score (nSPS) is 17.3. The van der Waals surface area contributed by atoms with Crippen molar-refractivity contribution in [3.8, 4) is 0 Å². The molecule has 0 aliphatic carbocycles. The second-order valence-corrected chi connectivity index (χ2v) is 4.92. The van der Waals surface area contributed by atoms with E-state index in [0.29, 0.717) is 0 Å². The summed E-state index contributed by atoms with van der Waals surface area (Å²) in [6, 6.07) is 3.64. The van der Waals surface area contributed by atoms with Crippen LogP contribution >= 0.6 is 12.6 Å². The van der Waals surface area contributed by atoms with Gasteiger partial charge < -0.3 is 15.8 Å². The fraction of sp³-hybridized carbons (Fsp3) is 0.308. The van der Waals surface area contributed by atoms with E-state index in [4.69, 9.17) is 10.5 Å². The summed E-state index contributed by atoms with van der Waals surface area (Å²) in [5, 5.41) is 2.55. The van der Waals surface area contributed by atoms with E-state index >= 15 is 0 Å². The van der Waals surface area contributed by atoms with Crippen molar-refractivity contribution in [1.29, 1.82) is 0 Å². The maximum absolute atomic E-state index is 13.7. The summed E-state index contributed by atoms with van der Waals surface area (Å²) < 4.78 is 18.8. The average Bonchev–Trinajstić information content (AvgIpc) is 2.85. The van der Waals surface area contributed by atoms with Gasteiger partial charge in [0.25, 0.3) is 5.91 Å². The lowest BCUT2D eigenvalue weighted by Crippen LogP contribution is -2.35. The smallest absolute Gasteiger partial charge is 0.414 e. The van der Waals surface area contributed by atoms with Crippen LogP contribution in [0.1, 0.15) is 10.4 Å². The van der Waals surface area contributed by atoms with E-state index in [2.05, 4.69) is 17.9 Å². The van der Waals surface area contributed by atoms with Gasteiger partial charge in [0.2, 0.25) is 5.91 Å². The molecule has 9 heteroatoms. The van der Waals surface area contributed by atoms with Crippen molar-refractivity contribution in [3.05, 3.63) is 29.6 Å². The Labute approximate surface area is 131 Å². The van der Waals surface area contributed by atoms with Gasteiger partial charge in [-0.3, -0.25) is 14.5 Å². The highest BCUT2D eigenvalue weighted by molar-refractivity contribution is 7.81. The van der Waals surface area contributed by atoms with Crippen molar-refractivity contribution in [1.82, 2.24) is 5.32 Å². The Morgan fingerprint density at radius 3 is 2.82 bits per heavy atom. The SMILES string of the molecule is NC(=O)c1ccc(N2C[C@H](CNC(=O)CS)OC2=O)cc1F. The number of rotatable bonds is 5. The van der Waals surface area contributed by atoms with Crippen LogP contribution < -0.4 is 16.0 Å². The highest BCUT2D eigenvalue weighted by atomic mass is 32.1. The number of nitrogens with zero attached hydrogens (tertiary/aromatic N) is 1. The second kappa shape index (κ2) is 6.65. The Kier molecular flexibility index (Phi) is 4.86. The van der Waals surface area contributed by atoms with Crippen molar-refractivity contribution < 1.29 is 23.5 Å². The largest absolute Gasteiger partial charge is 0.442 e. The van der Waals surface area contributed by atoms with Gasteiger partial charge in [-0.2, -0.15) is 12.6 Å². The number of anilines is 1.